The highest BCUT2D eigenvalue weighted by Gasteiger charge is 2.28. The molecule has 1 aromatic rings. The maximum absolute atomic E-state index is 12.4. The van der Waals surface area contributed by atoms with Crippen LogP contribution in [-0.2, 0) is 14.6 Å². The van der Waals surface area contributed by atoms with E-state index < -0.39 is 21.1 Å². The number of sulfone groups is 1. The average molecular weight is 324 g/mol. The minimum atomic E-state index is -3.50. The number of esters is 1. The van der Waals surface area contributed by atoms with Gasteiger partial charge in [0, 0.05) is 0 Å². The highest BCUT2D eigenvalue weighted by atomic mass is 32.2. The summed E-state index contributed by atoms with van der Waals surface area (Å²) in [4.78, 5) is 12.5. The summed E-state index contributed by atoms with van der Waals surface area (Å²) in [5.41, 5.74) is 0.148. The molecule has 2 rings (SSSR count). The number of carbonyl (C=O) groups is 1. The molecule has 1 aliphatic rings. The first kappa shape index (κ1) is 17.0. The Morgan fingerprint density at radius 1 is 1.23 bits per heavy atom. The fourth-order valence-electron chi connectivity index (χ4n) is 2.84. The highest BCUT2D eigenvalue weighted by molar-refractivity contribution is 7.92. The summed E-state index contributed by atoms with van der Waals surface area (Å²) in [6, 6.07) is 6.31. The Balaban J connectivity index is 2.24. The monoisotopic (exact) mass is 324 g/mol. The molecular formula is C17H24O4S. The van der Waals surface area contributed by atoms with E-state index in [0.717, 1.165) is 25.7 Å². The van der Waals surface area contributed by atoms with Gasteiger partial charge in [-0.15, -0.1) is 0 Å². The van der Waals surface area contributed by atoms with E-state index in [4.69, 9.17) is 4.74 Å². The van der Waals surface area contributed by atoms with Gasteiger partial charge in [0.25, 0.3) is 0 Å². The molecule has 1 fully saturated rings. The second kappa shape index (κ2) is 6.82. The standard InChI is InChI=1S/C17H24O4S/c1-12(2)22(19,20)16-10-5-4-9-15(16)17(18)21-14-8-6-7-13(3)11-14/h4-5,9-10,12-14H,6-8,11H2,1-3H3. The molecular weight excluding hydrogens is 300 g/mol. The fourth-order valence-corrected chi connectivity index (χ4v) is 4.07. The molecule has 0 aromatic heterocycles. The first-order valence-corrected chi connectivity index (χ1v) is 9.41. The lowest BCUT2D eigenvalue weighted by atomic mass is 9.89. The van der Waals surface area contributed by atoms with Crippen LogP contribution in [0.3, 0.4) is 0 Å². The molecule has 0 radical (unpaired) electrons. The molecule has 0 aliphatic heterocycles. The Bertz CT molecular complexity index is 634. The molecule has 0 spiro atoms. The Morgan fingerprint density at radius 3 is 2.55 bits per heavy atom. The minimum Gasteiger partial charge on any atom is -0.459 e. The minimum absolute atomic E-state index is 0.0684. The van der Waals surface area contributed by atoms with E-state index in [1.54, 1.807) is 26.0 Å². The lowest BCUT2D eigenvalue weighted by molar-refractivity contribution is 0.0151. The molecule has 2 atom stereocenters. The maximum atomic E-state index is 12.4. The van der Waals surface area contributed by atoms with Gasteiger partial charge in [0.15, 0.2) is 9.84 Å². The van der Waals surface area contributed by atoms with Crippen molar-refractivity contribution in [3.8, 4) is 0 Å². The van der Waals surface area contributed by atoms with Gasteiger partial charge in [-0.2, -0.15) is 0 Å². The topological polar surface area (TPSA) is 60.4 Å². The van der Waals surface area contributed by atoms with E-state index in [2.05, 4.69) is 6.92 Å². The smallest absolute Gasteiger partial charge is 0.339 e. The molecule has 4 nitrogen and oxygen atoms in total. The summed E-state index contributed by atoms with van der Waals surface area (Å²) >= 11 is 0. The Hall–Kier alpha value is -1.36. The largest absolute Gasteiger partial charge is 0.459 e. The molecule has 22 heavy (non-hydrogen) atoms. The third-order valence-corrected chi connectivity index (χ3v) is 6.41. The van der Waals surface area contributed by atoms with Crippen molar-refractivity contribution in [1.29, 1.82) is 0 Å². The van der Waals surface area contributed by atoms with Gasteiger partial charge >= 0.3 is 5.97 Å². The zero-order chi connectivity index (χ0) is 16.3. The number of hydrogen-bond donors (Lipinski definition) is 0. The molecule has 1 aliphatic carbocycles. The summed E-state index contributed by atoms with van der Waals surface area (Å²) in [6.45, 7) is 5.37. The van der Waals surface area contributed by atoms with Gasteiger partial charge in [-0.25, -0.2) is 13.2 Å². The van der Waals surface area contributed by atoms with Gasteiger partial charge in [-0.3, -0.25) is 0 Å². The first-order chi connectivity index (χ1) is 10.3. The second-order valence-electron chi connectivity index (χ2n) is 6.39. The summed E-state index contributed by atoms with van der Waals surface area (Å²) in [5.74, 6) is 0.0140. The Morgan fingerprint density at radius 2 is 1.91 bits per heavy atom. The van der Waals surface area contributed by atoms with Crippen LogP contribution in [0.5, 0.6) is 0 Å². The van der Waals surface area contributed by atoms with Crippen LogP contribution in [0.2, 0.25) is 0 Å². The molecule has 0 amide bonds. The Kier molecular flexibility index (Phi) is 5.27. The summed E-state index contributed by atoms with van der Waals surface area (Å²) < 4.78 is 30.3. The van der Waals surface area contributed by atoms with Crippen molar-refractivity contribution in [3.05, 3.63) is 29.8 Å². The van der Waals surface area contributed by atoms with E-state index in [0.29, 0.717) is 5.92 Å². The van der Waals surface area contributed by atoms with Gasteiger partial charge < -0.3 is 4.74 Å². The van der Waals surface area contributed by atoms with Gasteiger partial charge in [0.05, 0.1) is 15.7 Å². The van der Waals surface area contributed by atoms with Crippen molar-refractivity contribution in [2.75, 3.05) is 0 Å². The van der Waals surface area contributed by atoms with Crippen molar-refractivity contribution < 1.29 is 17.9 Å². The molecule has 0 heterocycles. The number of benzene rings is 1. The molecule has 2 unspecified atom stereocenters. The van der Waals surface area contributed by atoms with E-state index in [1.165, 1.54) is 12.1 Å². The molecule has 0 bridgehead atoms. The van der Waals surface area contributed by atoms with Crippen LogP contribution in [-0.4, -0.2) is 25.7 Å². The number of rotatable bonds is 4. The zero-order valence-electron chi connectivity index (χ0n) is 13.4. The van der Waals surface area contributed by atoms with Crippen LogP contribution >= 0.6 is 0 Å². The van der Waals surface area contributed by atoms with Crippen molar-refractivity contribution in [2.45, 2.75) is 62.7 Å². The lowest BCUT2D eigenvalue weighted by Gasteiger charge is -2.26. The van der Waals surface area contributed by atoms with Crippen molar-refractivity contribution in [2.24, 2.45) is 5.92 Å². The van der Waals surface area contributed by atoms with E-state index in [9.17, 15) is 13.2 Å². The molecule has 0 N–H and O–H groups in total. The summed E-state index contributed by atoms with van der Waals surface area (Å²) in [6.07, 6.45) is 3.81. The molecule has 1 aromatic carbocycles. The second-order valence-corrected chi connectivity index (χ2v) is 8.86. The maximum Gasteiger partial charge on any atom is 0.339 e. The van der Waals surface area contributed by atoms with E-state index in [-0.39, 0.29) is 16.6 Å². The van der Waals surface area contributed by atoms with Crippen molar-refractivity contribution in [3.63, 3.8) is 0 Å². The number of carbonyl (C=O) groups excluding carboxylic acids is 1. The number of hydrogen-bond acceptors (Lipinski definition) is 4. The van der Waals surface area contributed by atoms with Crippen molar-refractivity contribution in [1.82, 2.24) is 0 Å². The van der Waals surface area contributed by atoms with Crippen LogP contribution in [0.4, 0.5) is 0 Å². The predicted molar refractivity (Wildman–Crippen MR) is 85.6 cm³/mol. The van der Waals surface area contributed by atoms with Crippen LogP contribution in [0.25, 0.3) is 0 Å². The first-order valence-electron chi connectivity index (χ1n) is 7.86. The van der Waals surface area contributed by atoms with Crippen LogP contribution in [0.15, 0.2) is 29.2 Å². The lowest BCUT2D eigenvalue weighted by Crippen LogP contribution is -2.26. The van der Waals surface area contributed by atoms with Gasteiger partial charge in [0.2, 0.25) is 0 Å². The van der Waals surface area contributed by atoms with Crippen LogP contribution < -0.4 is 0 Å². The fraction of sp³-hybridized carbons (Fsp3) is 0.588. The van der Waals surface area contributed by atoms with Crippen molar-refractivity contribution >= 4 is 15.8 Å². The van der Waals surface area contributed by atoms with Crippen LogP contribution in [0, 0.1) is 5.92 Å². The molecule has 122 valence electrons. The van der Waals surface area contributed by atoms with Gasteiger partial charge in [-0.05, 0) is 51.2 Å². The molecule has 5 heteroatoms. The quantitative estimate of drug-likeness (QED) is 0.794. The van der Waals surface area contributed by atoms with Gasteiger partial charge in [0.1, 0.15) is 6.10 Å². The highest BCUT2D eigenvalue weighted by Crippen LogP contribution is 2.28. The van der Waals surface area contributed by atoms with Crippen LogP contribution in [0.1, 0.15) is 56.8 Å². The predicted octanol–water partition coefficient (Wildman–Crippen LogP) is 3.60. The third-order valence-electron chi connectivity index (χ3n) is 4.20. The normalized spacial score (nSPS) is 22.5. The van der Waals surface area contributed by atoms with E-state index >= 15 is 0 Å². The Labute approximate surface area is 132 Å². The molecule has 0 saturated heterocycles. The zero-order valence-corrected chi connectivity index (χ0v) is 14.2. The third kappa shape index (κ3) is 3.69. The summed E-state index contributed by atoms with van der Waals surface area (Å²) in [7, 11) is -3.50. The van der Waals surface area contributed by atoms with Gasteiger partial charge in [-0.1, -0.05) is 25.5 Å². The SMILES string of the molecule is CC1CCCC(OC(=O)c2ccccc2S(=O)(=O)C(C)C)C1. The summed E-state index contributed by atoms with van der Waals surface area (Å²) in [5, 5.41) is -0.573. The number of ether oxygens (including phenoxy) is 1. The molecule has 1 saturated carbocycles. The average Bonchev–Trinajstić information content (AvgIpc) is 2.47. The van der Waals surface area contributed by atoms with E-state index in [1.807, 2.05) is 0 Å².